The predicted molar refractivity (Wildman–Crippen MR) is 463 cm³/mol. The molecule has 0 aromatic rings. The molecule has 4 N–H and O–H groups in total. The number of aliphatic hydroxyl groups excluding tert-OH is 2. The minimum Gasteiger partial charge on any atom is -0.463 e. The third-order valence-corrected chi connectivity index (χ3v) is 19.2. The Labute approximate surface area is 674 Å². The van der Waals surface area contributed by atoms with E-state index in [1.54, 1.807) is 0 Å². The van der Waals surface area contributed by atoms with Crippen molar-refractivity contribution in [3.8, 4) is 0 Å². The van der Waals surface area contributed by atoms with Gasteiger partial charge in [0.25, 0.3) is 0 Å². The number of rotatable bonds is 79. The van der Waals surface area contributed by atoms with Gasteiger partial charge < -0.3 is 34.2 Å². The normalized spacial score (nSPS) is 14.8. The Kier molecular flexibility index (Phi) is 79.6. The van der Waals surface area contributed by atoms with Crippen LogP contribution in [0.1, 0.15) is 316 Å². The van der Waals surface area contributed by atoms with Gasteiger partial charge in [0.15, 0.2) is 6.10 Å². The number of unbranched alkanes of at least 4 members (excludes halogenated alkanes) is 24. The maximum atomic E-state index is 13.0. The van der Waals surface area contributed by atoms with E-state index in [0.29, 0.717) is 25.7 Å². The largest absolute Gasteiger partial charge is 0.472 e. The molecule has 18 heteroatoms. The molecular weight excluding hydrogens is 1430 g/mol. The number of phosphoric acid groups is 2. The summed E-state index contributed by atoms with van der Waals surface area (Å²) in [5.74, 6) is -1.70. The molecule has 0 aromatic carbocycles. The minimum absolute atomic E-state index is 0.0315. The van der Waals surface area contributed by atoms with Crippen LogP contribution in [0.25, 0.3) is 0 Å². The van der Waals surface area contributed by atoms with E-state index in [9.17, 15) is 43.5 Å². The summed E-state index contributed by atoms with van der Waals surface area (Å²) in [6.45, 7) is 2.31. The van der Waals surface area contributed by atoms with E-state index in [4.69, 9.17) is 32.3 Å². The zero-order valence-corrected chi connectivity index (χ0v) is 70.8. The number of allylic oxidation sites excluding steroid dienone is 32. The van der Waals surface area contributed by atoms with Crippen molar-refractivity contribution in [1.29, 1.82) is 0 Å². The first-order valence-corrected chi connectivity index (χ1v) is 45.7. The number of esters is 3. The number of ether oxygens (including phenoxy) is 3. The van der Waals surface area contributed by atoms with Gasteiger partial charge in [0, 0.05) is 19.3 Å². The molecule has 0 aromatic heterocycles. The molecule has 0 bridgehead atoms. The summed E-state index contributed by atoms with van der Waals surface area (Å²) < 4.78 is 61.2. The number of aliphatic hydroxyl groups is 2. The van der Waals surface area contributed by atoms with Crippen LogP contribution in [0, 0.1) is 0 Å². The molecule has 0 aliphatic carbocycles. The summed E-state index contributed by atoms with van der Waals surface area (Å²) in [5.41, 5.74) is 0. The molecular formula is C93H152O16P2. The molecule has 16 nitrogen and oxygen atoms in total. The van der Waals surface area contributed by atoms with Gasteiger partial charge in [0.2, 0.25) is 0 Å². The lowest BCUT2D eigenvalue weighted by Crippen LogP contribution is -2.29. The second-order valence-electron chi connectivity index (χ2n) is 27.9. The average molecular weight is 1590 g/mol. The summed E-state index contributed by atoms with van der Waals surface area (Å²) in [6.07, 6.45) is 111. The third kappa shape index (κ3) is 85.1. The van der Waals surface area contributed by atoms with Crippen LogP contribution in [0.15, 0.2) is 194 Å². The van der Waals surface area contributed by atoms with Crippen molar-refractivity contribution in [2.24, 2.45) is 0 Å². The van der Waals surface area contributed by atoms with Gasteiger partial charge in [-0.2, -0.15) is 0 Å². The lowest BCUT2D eigenvalue weighted by molar-refractivity contribution is -0.161. The number of phosphoric ester groups is 2. The summed E-state index contributed by atoms with van der Waals surface area (Å²) in [6, 6.07) is 0. The maximum absolute atomic E-state index is 13.0. The summed E-state index contributed by atoms with van der Waals surface area (Å²) in [5, 5.41) is 20.7. The topological polar surface area (TPSA) is 231 Å². The predicted octanol–water partition coefficient (Wildman–Crippen LogP) is 25.9. The molecule has 111 heavy (non-hydrogen) atoms. The lowest BCUT2D eigenvalue weighted by atomic mass is 10.0. The molecule has 0 aliphatic rings. The Bertz CT molecular complexity index is 2800. The highest BCUT2D eigenvalue weighted by atomic mass is 31.2. The minimum atomic E-state index is -4.97. The molecule has 5 atom stereocenters. The van der Waals surface area contributed by atoms with Gasteiger partial charge in [-0.3, -0.25) is 32.5 Å². The van der Waals surface area contributed by atoms with E-state index >= 15 is 0 Å². The van der Waals surface area contributed by atoms with Crippen molar-refractivity contribution < 1.29 is 75.8 Å². The van der Waals surface area contributed by atoms with Gasteiger partial charge in [0.1, 0.15) is 25.4 Å². The molecule has 0 aliphatic heterocycles. The van der Waals surface area contributed by atoms with Crippen LogP contribution in [-0.4, -0.2) is 95.9 Å². The number of carbonyl (C=O) groups is 3. The van der Waals surface area contributed by atoms with Crippen molar-refractivity contribution in [1.82, 2.24) is 0 Å². The van der Waals surface area contributed by atoms with E-state index in [1.807, 2.05) is 18.2 Å². The second kappa shape index (κ2) is 83.8. The monoisotopic (exact) mass is 1590 g/mol. The highest BCUT2D eigenvalue weighted by Gasteiger charge is 2.29. The highest BCUT2D eigenvalue weighted by molar-refractivity contribution is 7.47. The average Bonchev–Trinajstić information content (AvgIpc) is 0.901. The van der Waals surface area contributed by atoms with E-state index in [0.717, 1.165) is 148 Å². The standard InChI is InChI=1S/C93H152O16P2/c1-4-7-10-13-16-19-22-25-28-31-34-36-37-38-39-40-41-42-43-44-45-46-47-48-49-51-54-55-58-61-64-67-70-73-76-79-91(96)103-82-88(94)83-105-110(99,100)106-84-89(95)85-107-111(101,102)108-87-90(109-93(98)81-78-75-72-69-66-63-60-57-52-33-30-27-24-21-18-15-12-9-6-3)86-104-92(97)80-77-74-71-68-65-62-59-56-53-50-35-32-29-26-23-20-17-14-11-8-5-2/h7,9-10,12,16-21,25-30,34-36,38-39,41-42,50,52,56-57,59,63,66,72,75,88-90,94-95H,4-6,8,11,13-15,22-24,31-33,37,40,43-49,51,53-55,58,60-62,64-65,67-71,73-74,76-87H2,1-3H3,(H,99,100)(H,101,102)/b10-7-,12-9-,19-16-,20-17-,21-18-,28-25-,29-26-,30-27-,36-34-,39-38-,42-41-,50-35-,57-52-,59-56-,66-63-,75-72-. The number of hydrogen-bond donors (Lipinski definition) is 4. The van der Waals surface area contributed by atoms with Crippen molar-refractivity contribution in [3.05, 3.63) is 194 Å². The zero-order chi connectivity index (χ0) is 80.8. The second-order valence-corrected chi connectivity index (χ2v) is 30.8. The van der Waals surface area contributed by atoms with Crippen LogP contribution in [-0.2, 0) is 55.8 Å². The first kappa shape index (κ1) is 105. The van der Waals surface area contributed by atoms with Crippen LogP contribution in [0.2, 0.25) is 0 Å². The molecule has 5 unspecified atom stereocenters. The highest BCUT2D eigenvalue weighted by Crippen LogP contribution is 2.45. The van der Waals surface area contributed by atoms with Crippen LogP contribution >= 0.6 is 15.6 Å². The van der Waals surface area contributed by atoms with E-state index in [2.05, 4.69) is 197 Å². The zero-order valence-electron chi connectivity index (χ0n) is 69.1. The van der Waals surface area contributed by atoms with Crippen LogP contribution in [0.3, 0.4) is 0 Å². The van der Waals surface area contributed by atoms with Gasteiger partial charge in [-0.1, -0.05) is 337 Å². The lowest BCUT2D eigenvalue weighted by Gasteiger charge is -2.21. The maximum Gasteiger partial charge on any atom is 0.472 e. The Hall–Kier alpha value is -5.61. The fourth-order valence-electron chi connectivity index (χ4n) is 10.9. The Morgan fingerprint density at radius 1 is 0.261 bits per heavy atom. The van der Waals surface area contributed by atoms with E-state index < -0.39 is 91.5 Å². The Balaban J connectivity index is 4.56. The molecule has 630 valence electrons. The van der Waals surface area contributed by atoms with Gasteiger partial charge in [-0.15, -0.1) is 0 Å². The molecule has 0 saturated carbocycles. The Morgan fingerprint density at radius 3 is 0.793 bits per heavy atom. The third-order valence-electron chi connectivity index (χ3n) is 17.3. The van der Waals surface area contributed by atoms with Crippen molar-refractivity contribution in [2.75, 3.05) is 39.6 Å². The van der Waals surface area contributed by atoms with Crippen LogP contribution in [0.4, 0.5) is 0 Å². The first-order chi connectivity index (χ1) is 54.2. The van der Waals surface area contributed by atoms with Gasteiger partial charge in [0.05, 0.1) is 26.4 Å². The van der Waals surface area contributed by atoms with E-state index in [-0.39, 0.29) is 19.3 Å². The number of carbonyl (C=O) groups excluding carboxylic acids is 3. The molecule has 0 rings (SSSR count). The molecule has 0 spiro atoms. The first-order valence-electron chi connectivity index (χ1n) is 42.7. The van der Waals surface area contributed by atoms with Crippen molar-refractivity contribution in [3.63, 3.8) is 0 Å². The molecule has 0 amide bonds. The quantitative estimate of drug-likeness (QED) is 0.0146. The fourth-order valence-corrected chi connectivity index (χ4v) is 12.5. The van der Waals surface area contributed by atoms with Crippen molar-refractivity contribution >= 4 is 33.6 Å². The van der Waals surface area contributed by atoms with Crippen LogP contribution < -0.4 is 0 Å². The molecule has 0 radical (unpaired) electrons. The van der Waals surface area contributed by atoms with Gasteiger partial charge in [-0.05, 0) is 154 Å². The fraction of sp³-hybridized carbons (Fsp3) is 0.624. The SMILES string of the molecule is CC/C=C\C/C=C\C/C=C\C/C=C\C/C=C\C/C=C\CCCCCCCCCCCCCCCCCCC(=O)OCC(O)COP(=O)(O)OCC(O)COP(=O)(O)OCC(COC(=O)CCCCCCC/C=C\C/C=C\C/C=C\C/C=C\CCCCC)OC(=O)CC/C=C\C/C=C\C/C=C\C/C=C\C/C=C\C/C=C\CC. The summed E-state index contributed by atoms with van der Waals surface area (Å²) in [4.78, 5) is 58.7. The van der Waals surface area contributed by atoms with Gasteiger partial charge >= 0.3 is 33.6 Å². The van der Waals surface area contributed by atoms with E-state index in [1.165, 1.54) is 103 Å². The molecule has 0 heterocycles. The smallest absolute Gasteiger partial charge is 0.463 e. The Morgan fingerprint density at radius 2 is 0.495 bits per heavy atom. The number of hydrogen-bond acceptors (Lipinski definition) is 14. The van der Waals surface area contributed by atoms with Crippen molar-refractivity contribution in [2.45, 2.75) is 334 Å². The van der Waals surface area contributed by atoms with Gasteiger partial charge in [-0.25, -0.2) is 9.13 Å². The van der Waals surface area contributed by atoms with Crippen LogP contribution in [0.5, 0.6) is 0 Å². The molecule has 0 fully saturated rings. The summed E-state index contributed by atoms with van der Waals surface area (Å²) >= 11 is 0. The summed E-state index contributed by atoms with van der Waals surface area (Å²) in [7, 11) is -9.84. The molecule has 0 saturated heterocycles.